The van der Waals surface area contributed by atoms with E-state index in [1.165, 1.54) is 0 Å². The van der Waals surface area contributed by atoms with Crippen LogP contribution in [0.1, 0.15) is 51.4 Å². The summed E-state index contributed by atoms with van der Waals surface area (Å²) in [6, 6.07) is 0. The van der Waals surface area contributed by atoms with Gasteiger partial charge in [-0.3, -0.25) is 9.35 Å². The third-order valence-corrected chi connectivity index (χ3v) is 9.77. The number of carbonyl (C=O) groups is 3. The van der Waals surface area contributed by atoms with Gasteiger partial charge in [-0.05, 0) is 12.8 Å². The van der Waals surface area contributed by atoms with Crippen molar-refractivity contribution in [2.75, 3.05) is 6.61 Å². The van der Waals surface area contributed by atoms with Crippen LogP contribution in [-0.2, 0) is 43.4 Å². The molecule has 206 valence electrons. The van der Waals surface area contributed by atoms with Crippen LogP contribution in [0.5, 0.6) is 0 Å². The Morgan fingerprint density at radius 1 is 1.03 bits per heavy atom. The van der Waals surface area contributed by atoms with Crippen molar-refractivity contribution in [3.05, 3.63) is 0 Å². The highest BCUT2D eigenvalue weighted by Crippen LogP contribution is 2.63. The molecular formula is C22H26F2O12S. The van der Waals surface area contributed by atoms with Crippen molar-refractivity contribution in [3.8, 4) is 0 Å². The van der Waals surface area contributed by atoms with Gasteiger partial charge in [-0.2, -0.15) is 17.2 Å². The van der Waals surface area contributed by atoms with Gasteiger partial charge >= 0.3 is 33.3 Å². The van der Waals surface area contributed by atoms with Crippen LogP contribution in [0, 0.1) is 17.8 Å². The normalized spacial score (nSPS) is 47.3. The third kappa shape index (κ3) is 3.79. The summed E-state index contributed by atoms with van der Waals surface area (Å²) in [6.07, 6.45) is -1.23. The van der Waals surface area contributed by atoms with Gasteiger partial charge in [-0.25, -0.2) is 9.59 Å². The Bertz CT molecular complexity index is 1170. The second-order valence-corrected chi connectivity index (χ2v) is 13.4. The number of aliphatic hydroxyl groups is 2. The Morgan fingerprint density at radius 3 is 2.27 bits per heavy atom. The highest BCUT2D eigenvalue weighted by Gasteiger charge is 2.71. The molecule has 7 atom stereocenters. The van der Waals surface area contributed by atoms with Gasteiger partial charge in [0.2, 0.25) is 0 Å². The molecule has 6 aliphatic carbocycles. The van der Waals surface area contributed by atoms with Crippen molar-refractivity contribution in [1.29, 1.82) is 0 Å². The van der Waals surface area contributed by atoms with Crippen molar-refractivity contribution in [2.24, 2.45) is 17.8 Å². The predicted molar refractivity (Wildman–Crippen MR) is 111 cm³/mol. The molecule has 6 bridgehead atoms. The number of ether oxygens (including phenoxy) is 4. The first kappa shape index (κ1) is 25.3. The highest BCUT2D eigenvalue weighted by molar-refractivity contribution is 7.87. The van der Waals surface area contributed by atoms with Gasteiger partial charge in [-0.1, -0.05) is 0 Å². The summed E-state index contributed by atoms with van der Waals surface area (Å²) in [5.41, 5.74) is -6.81. The number of hydrogen-bond acceptors (Lipinski definition) is 11. The number of alkyl halides is 2. The highest BCUT2D eigenvalue weighted by atomic mass is 32.2. The van der Waals surface area contributed by atoms with E-state index in [4.69, 9.17) is 23.5 Å². The summed E-state index contributed by atoms with van der Waals surface area (Å²) in [4.78, 5) is 36.7. The van der Waals surface area contributed by atoms with Gasteiger partial charge in [0, 0.05) is 50.4 Å². The number of esters is 3. The monoisotopic (exact) mass is 552 g/mol. The molecule has 0 aromatic carbocycles. The lowest BCUT2D eigenvalue weighted by Gasteiger charge is -2.66. The van der Waals surface area contributed by atoms with Crippen molar-refractivity contribution >= 4 is 28.0 Å². The van der Waals surface area contributed by atoms with Crippen LogP contribution >= 0.6 is 0 Å². The molecule has 0 aromatic rings. The fourth-order valence-electron chi connectivity index (χ4n) is 8.43. The zero-order valence-electron chi connectivity index (χ0n) is 19.4. The van der Waals surface area contributed by atoms with Gasteiger partial charge in [0.05, 0.1) is 22.7 Å². The minimum atomic E-state index is -6.13. The average Bonchev–Trinajstić information content (AvgIpc) is 3.34. The average molecular weight is 553 g/mol. The van der Waals surface area contributed by atoms with Gasteiger partial charge < -0.3 is 29.2 Å². The summed E-state index contributed by atoms with van der Waals surface area (Å²) < 4.78 is 80.3. The number of hydrogen-bond donors (Lipinski definition) is 3. The van der Waals surface area contributed by atoms with Crippen LogP contribution in [-0.4, -0.2) is 87.6 Å². The zero-order valence-corrected chi connectivity index (χ0v) is 20.2. The lowest BCUT2D eigenvalue weighted by atomic mass is 9.48. The summed E-state index contributed by atoms with van der Waals surface area (Å²) in [6.45, 7) is -0.630. The van der Waals surface area contributed by atoms with E-state index in [0.717, 1.165) is 0 Å². The summed E-state index contributed by atoms with van der Waals surface area (Å²) in [5, 5.41) is 16.9. The smallest absolute Gasteiger partial charge is 0.458 e. The zero-order chi connectivity index (χ0) is 26.8. The van der Waals surface area contributed by atoms with Crippen molar-refractivity contribution < 1.29 is 65.3 Å². The molecule has 7 fully saturated rings. The summed E-state index contributed by atoms with van der Waals surface area (Å²) in [7, 11) is -6.13. The Morgan fingerprint density at radius 2 is 1.65 bits per heavy atom. The van der Waals surface area contributed by atoms with Crippen LogP contribution in [0.25, 0.3) is 0 Å². The maximum absolute atomic E-state index is 13.9. The molecule has 7 rings (SSSR count). The number of carbonyl (C=O) groups excluding carboxylic acids is 3. The van der Waals surface area contributed by atoms with Crippen LogP contribution in [0.15, 0.2) is 0 Å². The largest absolute Gasteiger partial charge is 0.465 e. The van der Waals surface area contributed by atoms with Crippen LogP contribution in [0.4, 0.5) is 8.78 Å². The predicted octanol–water partition coefficient (Wildman–Crippen LogP) is -0.159. The second kappa shape index (κ2) is 7.37. The fraction of sp³-hybridized carbons (Fsp3) is 0.864. The summed E-state index contributed by atoms with van der Waals surface area (Å²) in [5.74, 6) is -3.78. The van der Waals surface area contributed by atoms with Crippen LogP contribution in [0.3, 0.4) is 0 Å². The molecule has 0 aromatic heterocycles. The molecule has 1 heterocycles. The first-order chi connectivity index (χ1) is 17.0. The number of halogens is 2. The van der Waals surface area contributed by atoms with Crippen molar-refractivity contribution in [1.82, 2.24) is 0 Å². The first-order valence-electron chi connectivity index (χ1n) is 12.0. The lowest BCUT2D eigenvalue weighted by molar-refractivity contribution is -0.312. The molecule has 37 heavy (non-hydrogen) atoms. The minimum absolute atomic E-state index is 0.0106. The Hall–Kier alpha value is -1.94. The van der Waals surface area contributed by atoms with Crippen molar-refractivity contribution in [2.45, 2.75) is 91.2 Å². The molecule has 0 amide bonds. The lowest BCUT2D eigenvalue weighted by Crippen LogP contribution is -2.73. The SMILES string of the molecule is O=C(COC12CC3(O)CC(O)(C1)CC(OC(=O)C(F)(F)S(=O)(=O)O)(C3)C2)OC1C2CC3C(=O)OC1C3C2. The molecular weight excluding hydrogens is 526 g/mol. The topological polar surface area (TPSA) is 183 Å². The van der Waals surface area contributed by atoms with E-state index in [1.54, 1.807) is 0 Å². The molecule has 6 saturated carbocycles. The molecule has 7 aliphatic rings. The first-order valence-corrected chi connectivity index (χ1v) is 13.5. The van der Waals surface area contributed by atoms with E-state index in [1.807, 2.05) is 0 Å². The van der Waals surface area contributed by atoms with E-state index >= 15 is 0 Å². The fourth-order valence-corrected chi connectivity index (χ4v) is 8.69. The van der Waals surface area contributed by atoms with Gasteiger partial charge in [-0.15, -0.1) is 0 Å². The minimum Gasteiger partial charge on any atom is -0.458 e. The molecule has 7 unspecified atom stereocenters. The molecule has 1 saturated heterocycles. The quantitative estimate of drug-likeness (QED) is 0.216. The second-order valence-electron chi connectivity index (χ2n) is 11.9. The van der Waals surface area contributed by atoms with E-state index in [0.29, 0.717) is 12.8 Å². The maximum atomic E-state index is 13.9. The van der Waals surface area contributed by atoms with E-state index < -0.39 is 68.5 Å². The third-order valence-electron chi connectivity index (χ3n) is 8.96. The Labute approximate surface area is 209 Å². The van der Waals surface area contributed by atoms with Gasteiger partial charge in [0.1, 0.15) is 24.4 Å². The molecule has 1 aliphatic heterocycles. The maximum Gasteiger partial charge on any atom is 0.465 e. The molecule has 3 N–H and O–H groups in total. The molecule has 0 spiro atoms. The van der Waals surface area contributed by atoms with Gasteiger partial charge in [0.25, 0.3) is 0 Å². The van der Waals surface area contributed by atoms with E-state index in [-0.39, 0.29) is 62.2 Å². The van der Waals surface area contributed by atoms with Crippen LogP contribution < -0.4 is 0 Å². The standard InChI is InChI=1S/C22H26F2O12S/c23-22(24,37(30,31)32)17(27)36-21-7-18(28)4-19(29,8-21)6-20(5-18,9-21)33-3-13(25)34-14-10-1-11-12(2-10)16(26)35-15(11)14/h10-12,14-15,28-29H,1-9H2,(H,30,31,32). The Kier molecular flexibility index (Phi) is 5.05. The molecule has 12 nitrogen and oxygen atoms in total. The van der Waals surface area contributed by atoms with Crippen LogP contribution in [0.2, 0.25) is 0 Å². The number of fused-ring (bicyclic) bond motifs is 1. The molecule has 15 heteroatoms. The Balaban J connectivity index is 1.17. The number of rotatable bonds is 7. The summed E-state index contributed by atoms with van der Waals surface area (Å²) >= 11 is 0. The van der Waals surface area contributed by atoms with E-state index in [2.05, 4.69) is 0 Å². The van der Waals surface area contributed by atoms with E-state index in [9.17, 15) is 41.8 Å². The molecule has 0 radical (unpaired) electrons. The van der Waals surface area contributed by atoms with Gasteiger partial charge in [0.15, 0.2) is 0 Å². The van der Waals surface area contributed by atoms with Crippen molar-refractivity contribution in [3.63, 3.8) is 0 Å².